The second-order valence-corrected chi connectivity index (χ2v) is 4.97. The molecule has 100 valence electrons. The zero-order valence-electron chi connectivity index (χ0n) is 12.0. The highest BCUT2D eigenvalue weighted by molar-refractivity contribution is 5.54. The van der Waals surface area contributed by atoms with E-state index in [9.17, 15) is 0 Å². The van der Waals surface area contributed by atoms with Gasteiger partial charge < -0.3 is 10.6 Å². The average molecular weight is 254 g/mol. The molecule has 0 atom stereocenters. The van der Waals surface area contributed by atoms with Gasteiger partial charge in [-0.05, 0) is 55.7 Å². The summed E-state index contributed by atoms with van der Waals surface area (Å²) in [4.78, 5) is 0. The van der Waals surface area contributed by atoms with Crippen LogP contribution in [0.2, 0.25) is 0 Å². The number of nitrogens with one attached hydrogen (secondary N) is 2. The number of hydrogen-bond acceptors (Lipinski definition) is 2. The summed E-state index contributed by atoms with van der Waals surface area (Å²) in [6, 6.07) is 14.8. The van der Waals surface area contributed by atoms with Crippen molar-refractivity contribution in [3.8, 4) is 0 Å². The molecule has 0 saturated heterocycles. The quantitative estimate of drug-likeness (QED) is 0.784. The van der Waals surface area contributed by atoms with Gasteiger partial charge in [0.15, 0.2) is 0 Å². The Bertz CT molecular complexity index is 547. The third-order valence-corrected chi connectivity index (χ3v) is 3.39. The zero-order chi connectivity index (χ0) is 13.7. The lowest BCUT2D eigenvalue weighted by Crippen LogP contribution is -2.14. The van der Waals surface area contributed by atoms with E-state index in [2.05, 4.69) is 73.9 Å². The number of hydrogen-bond donors (Lipinski definition) is 2. The fraction of sp³-hybridized carbons (Fsp3) is 0.294. The molecule has 0 saturated carbocycles. The highest BCUT2D eigenvalue weighted by atomic mass is 14.9. The molecule has 0 spiro atoms. The Kier molecular flexibility index (Phi) is 4.45. The minimum absolute atomic E-state index is 0.914. The van der Waals surface area contributed by atoms with Gasteiger partial charge in [0.2, 0.25) is 0 Å². The maximum atomic E-state index is 3.48. The van der Waals surface area contributed by atoms with Gasteiger partial charge in [0.25, 0.3) is 0 Å². The van der Waals surface area contributed by atoms with E-state index in [0.29, 0.717) is 0 Å². The molecule has 0 fully saturated rings. The molecular weight excluding hydrogens is 232 g/mol. The largest absolute Gasteiger partial charge is 0.383 e. The van der Waals surface area contributed by atoms with E-state index in [-0.39, 0.29) is 0 Å². The standard InChI is InChI=1S/C17H22N2/c1-13-6-4-8-16(12-13)18-10-11-19-17-9-5-7-14(2)15(17)3/h4-9,12,18-19H,10-11H2,1-3H3. The fourth-order valence-electron chi connectivity index (χ4n) is 2.10. The summed E-state index contributed by atoms with van der Waals surface area (Å²) in [5.41, 5.74) is 6.36. The zero-order valence-corrected chi connectivity index (χ0v) is 12.0. The van der Waals surface area contributed by atoms with Crippen LogP contribution in [0.4, 0.5) is 11.4 Å². The highest BCUT2D eigenvalue weighted by Crippen LogP contribution is 2.17. The third-order valence-electron chi connectivity index (χ3n) is 3.39. The summed E-state index contributed by atoms with van der Waals surface area (Å²) in [7, 11) is 0. The predicted octanol–water partition coefficient (Wildman–Crippen LogP) is 4.14. The van der Waals surface area contributed by atoms with Gasteiger partial charge >= 0.3 is 0 Å². The summed E-state index contributed by atoms with van der Waals surface area (Å²) in [6.07, 6.45) is 0. The summed E-state index contributed by atoms with van der Waals surface area (Å²) in [5.74, 6) is 0. The Morgan fingerprint density at radius 2 is 1.58 bits per heavy atom. The molecule has 0 bridgehead atoms. The summed E-state index contributed by atoms with van der Waals surface area (Å²) < 4.78 is 0. The van der Waals surface area contributed by atoms with Crippen LogP contribution in [-0.2, 0) is 0 Å². The lowest BCUT2D eigenvalue weighted by molar-refractivity contribution is 1.07. The van der Waals surface area contributed by atoms with Gasteiger partial charge in [-0.3, -0.25) is 0 Å². The van der Waals surface area contributed by atoms with Crippen molar-refractivity contribution >= 4 is 11.4 Å². The molecule has 0 aliphatic rings. The first-order valence-corrected chi connectivity index (χ1v) is 6.77. The first kappa shape index (κ1) is 13.5. The first-order chi connectivity index (χ1) is 9.16. The van der Waals surface area contributed by atoms with Crippen LogP contribution in [0.25, 0.3) is 0 Å². The predicted molar refractivity (Wildman–Crippen MR) is 84.1 cm³/mol. The summed E-state index contributed by atoms with van der Waals surface area (Å²) in [5, 5.41) is 6.90. The molecule has 0 amide bonds. The van der Waals surface area contributed by atoms with E-state index < -0.39 is 0 Å². The molecule has 0 radical (unpaired) electrons. The van der Waals surface area contributed by atoms with Crippen LogP contribution in [0.15, 0.2) is 42.5 Å². The van der Waals surface area contributed by atoms with Gasteiger partial charge in [0, 0.05) is 24.5 Å². The van der Waals surface area contributed by atoms with Gasteiger partial charge in [-0.1, -0.05) is 24.3 Å². The molecule has 0 aromatic heterocycles. The third kappa shape index (κ3) is 3.75. The van der Waals surface area contributed by atoms with Crippen LogP contribution in [0, 0.1) is 20.8 Å². The number of anilines is 2. The van der Waals surface area contributed by atoms with Crippen molar-refractivity contribution in [1.82, 2.24) is 0 Å². The van der Waals surface area contributed by atoms with E-state index in [1.165, 1.54) is 28.1 Å². The van der Waals surface area contributed by atoms with Crippen molar-refractivity contribution in [1.29, 1.82) is 0 Å². The maximum Gasteiger partial charge on any atom is 0.0373 e. The normalized spacial score (nSPS) is 10.3. The number of benzene rings is 2. The summed E-state index contributed by atoms with van der Waals surface area (Å²) >= 11 is 0. The molecule has 2 heteroatoms. The average Bonchev–Trinajstić information content (AvgIpc) is 2.39. The number of aryl methyl sites for hydroxylation is 2. The van der Waals surface area contributed by atoms with E-state index in [0.717, 1.165) is 13.1 Å². The van der Waals surface area contributed by atoms with E-state index >= 15 is 0 Å². The molecule has 19 heavy (non-hydrogen) atoms. The first-order valence-electron chi connectivity index (χ1n) is 6.77. The SMILES string of the molecule is Cc1cccc(NCCNc2cccc(C)c2C)c1. The molecule has 2 aromatic carbocycles. The Hall–Kier alpha value is -1.96. The van der Waals surface area contributed by atoms with Crippen LogP contribution in [0.5, 0.6) is 0 Å². The van der Waals surface area contributed by atoms with Crippen LogP contribution >= 0.6 is 0 Å². The molecule has 2 aromatic rings. The number of rotatable bonds is 5. The van der Waals surface area contributed by atoms with Crippen LogP contribution in [0.1, 0.15) is 16.7 Å². The molecule has 2 rings (SSSR count). The molecule has 0 aliphatic heterocycles. The Morgan fingerprint density at radius 3 is 2.37 bits per heavy atom. The molecule has 0 aliphatic carbocycles. The van der Waals surface area contributed by atoms with Crippen molar-refractivity contribution in [3.05, 3.63) is 59.2 Å². The van der Waals surface area contributed by atoms with E-state index in [4.69, 9.17) is 0 Å². The van der Waals surface area contributed by atoms with Gasteiger partial charge in [0.1, 0.15) is 0 Å². The lowest BCUT2D eigenvalue weighted by Gasteiger charge is -2.12. The topological polar surface area (TPSA) is 24.1 Å². The molecule has 2 N–H and O–H groups in total. The second kappa shape index (κ2) is 6.28. The minimum atomic E-state index is 0.914. The molecular formula is C17H22N2. The Labute approximate surface area is 115 Å². The Balaban J connectivity index is 1.82. The fourth-order valence-corrected chi connectivity index (χ4v) is 2.10. The van der Waals surface area contributed by atoms with Crippen molar-refractivity contribution in [3.63, 3.8) is 0 Å². The van der Waals surface area contributed by atoms with Crippen molar-refractivity contribution < 1.29 is 0 Å². The van der Waals surface area contributed by atoms with Crippen LogP contribution < -0.4 is 10.6 Å². The van der Waals surface area contributed by atoms with Crippen molar-refractivity contribution in [2.75, 3.05) is 23.7 Å². The van der Waals surface area contributed by atoms with Crippen molar-refractivity contribution in [2.45, 2.75) is 20.8 Å². The van der Waals surface area contributed by atoms with E-state index in [1.54, 1.807) is 0 Å². The smallest absolute Gasteiger partial charge is 0.0373 e. The summed E-state index contributed by atoms with van der Waals surface area (Å²) in [6.45, 7) is 8.24. The van der Waals surface area contributed by atoms with Gasteiger partial charge in [-0.25, -0.2) is 0 Å². The lowest BCUT2D eigenvalue weighted by atomic mass is 10.1. The van der Waals surface area contributed by atoms with Crippen molar-refractivity contribution in [2.24, 2.45) is 0 Å². The molecule has 0 heterocycles. The van der Waals surface area contributed by atoms with E-state index in [1.807, 2.05) is 0 Å². The Morgan fingerprint density at radius 1 is 0.842 bits per heavy atom. The van der Waals surface area contributed by atoms with Gasteiger partial charge in [-0.15, -0.1) is 0 Å². The molecule has 2 nitrogen and oxygen atoms in total. The maximum absolute atomic E-state index is 3.48. The van der Waals surface area contributed by atoms with Gasteiger partial charge in [-0.2, -0.15) is 0 Å². The van der Waals surface area contributed by atoms with Crippen LogP contribution in [0.3, 0.4) is 0 Å². The van der Waals surface area contributed by atoms with Crippen LogP contribution in [-0.4, -0.2) is 13.1 Å². The molecule has 0 unspecified atom stereocenters. The van der Waals surface area contributed by atoms with Gasteiger partial charge in [0.05, 0.1) is 0 Å². The highest BCUT2D eigenvalue weighted by Gasteiger charge is 1.99. The monoisotopic (exact) mass is 254 g/mol. The minimum Gasteiger partial charge on any atom is -0.383 e. The second-order valence-electron chi connectivity index (χ2n) is 4.97.